The number of halogens is 1. The Morgan fingerprint density at radius 1 is 0.944 bits per heavy atom. The van der Waals surface area contributed by atoms with Crippen molar-refractivity contribution in [1.29, 1.82) is 0 Å². The van der Waals surface area contributed by atoms with Gasteiger partial charge in [-0.1, -0.05) is 72.3 Å². The van der Waals surface area contributed by atoms with Crippen LogP contribution in [0.1, 0.15) is 24.0 Å². The van der Waals surface area contributed by atoms with Crippen molar-refractivity contribution in [3.8, 4) is 0 Å². The zero-order valence-electron chi connectivity index (χ0n) is 10.5. The van der Waals surface area contributed by atoms with Gasteiger partial charge in [-0.3, -0.25) is 0 Å². The van der Waals surface area contributed by atoms with E-state index in [2.05, 4.69) is 61.5 Å². The molecule has 0 aliphatic heterocycles. The quantitative estimate of drug-likeness (QED) is 0.533. The number of benzene rings is 2. The lowest BCUT2D eigenvalue weighted by molar-refractivity contribution is 1.01. The molecular formula is C17H17Cl. The molecule has 0 aromatic heterocycles. The highest BCUT2D eigenvalue weighted by atomic mass is 35.5. The van der Waals surface area contributed by atoms with Crippen LogP contribution in [0.3, 0.4) is 0 Å². The highest BCUT2D eigenvalue weighted by Crippen LogP contribution is 2.27. The number of alkyl halides is 1. The molecule has 0 unspecified atom stereocenters. The number of rotatable bonds is 4. The first-order valence-corrected chi connectivity index (χ1v) is 6.68. The van der Waals surface area contributed by atoms with Gasteiger partial charge in [0.15, 0.2) is 0 Å². The highest BCUT2D eigenvalue weighted by Gasteiger charge is 2.10. The monoisotopic (exact) mass is 256 g/mol. The molecule has 0 aliphatic carbocycles. The van der Waals surface area contributed by atoms with E-state index in [0.29, 0.717) is 5.88 Å². The summed E-state index contributed by atoms with van der Waals surface area (Å²) in [5.41, 5.74) is 3.80. The topological polar surface area (TPSA) is 0 Å². The van der Waals surface area contributed by atoms with Crippen LogP contribution in [0.4, 0.5) is 0 Å². The van der Waals surface area contributed by atoms with Crippen LogP contribution in [0.15, 0.2) is 72.3 Å². The Labute approximate surface area is 114 Å². The summed E-state index contributed by atoms with van der Waals surface area (Å²) in [7, 11) is 0. The third-order valence-electron chi connectivity index (χ3n) is 2.98. The van der Waals surface area contributed by atoms with Crippen LogP contribution in [0.25, 0.3) is 0 Å². The Bertz CT molecular complexity index is 460. The molecule has 0 atom stereocenters. The smallest absolute Gasteiger partial charge is 0.0431 e. The molecular weight excluding hydrogens is 240 g/mol. The van der Waals surface area contributed by atoms with Gasteiger partial charge in [0.25, 0.3) is 0 Å². The van der Waals surface area contributed by atoms with Crippen molar-refractivity contribution >= 4 is 11.6 Å². The molecule has 0 heterocycles. The van der Waals surface area contributed by atoms with Crippen LogP contribution >= 0.6 is 11.6 Å². The fourth-order valence-corrected chi connectivity index (χ4v) is 2.12. The van der Waals surface area contributed by atoms with E-state index in [-0.39, 0.29) is 5.92 Å². The summed E-state index contributed by atoms with van der Waals surface area (Å²) in [6.45, 7) is 2.08. The number of hydrogen-bond donors (Lipinski definition) is 0. The molecule has 0 N–H and O–H groups in total. The van der Waals surface area contributed by atoms with E-state index >= 15 is 0 Å². The molecule has 1 heteroatoms. The zero-order chi connectivity index (χ0) is 12.8. The normalized spacial score (nSPS) is 11.8. The van der Waals surface area contributed by atoms with E-state index in [1.165, 1.54) is 16.7 Å². The molecule has 0 nitrogen and oxygen atoms in total. The summed E-state index contributed by atoms with van der Waals surface area (Å²) in [4.78, 5) is 0. The van der Waals surface area contributed by atoms with E-state index in [0.717, 1.165) is 0 Å². The van der Waals surface area contributed by atoms with E-state index in [1.807, 2.05) is 12.1 Å². The second-order valence-corrected chi connectivity index (χ2v) is 4.71. The van der Waals surface area contributed by atoms with Crippen molar-refractivity contribution in [1.82, 2.24) is 0 Å². The molecule has 18 heavy (non-hydrogen) atoms. The first-order chi connectivity index (χ1) is 8.81. The van der Waals surface area contributed by atoms with Crippen molar-refractivity contribution in [3.05, 3.63) is 83.4 Å². The van der Waals surface area contributed by atoms with E-state index < -0.39 is 0 Å². The molecule has 2 rings (SSSR count). The van der Waals surface area contributed by atoms with E-state index in [9.17, 15) is 0 Å². The molecule has 2 aromatic carbocycles. The molecule has 0 aliphatic rings. The van der Waals surface area contributed by atoms with Gasteiger partial charge < -0.3 is 0 Å². The van der Waals surface area contributed by atoms with Crippen LogP contribution in [0.5, 0.6) is 0 Å². The second-order valence-electron chi connectivity index (χ2n) is 4.45. The van der Waals surface area contributed by atoms with Gasteiger partial charge in [0.1, 0.15) is 0 Å². The minimum atomic E-state index is 0.283. The molecule has 92 valence electrons. The average Bonchev–Trinajstić information content (AvgIpc) is 2.46. The minimum Gasteiger partial charge on any atom is -0.122 e. The van der Waals surface area contributed by atoms with Crippen molar-refractivity contribution in [2.24, 2.45) is 0 Å². The molecule has 0 radical (unpaired) electrons. The van der Waals surface area contributed by atoms with E-state index in [1.54, 1.807) is 0 Å². The lowest BCUT2D eigenvalue weighted by Crippen LogP contribution is -1.99. The summed E-state index contributed by atoms with van der Waals surface area (Å²) in [5.74, 6) is 0.863. The Kier molecular flexibility index (Phi) is 4.60. The summed E-state index contributed by atoms with van der Waals surface area (Å²) in [6, 6.07) is 21.1. The lowest BCUT2D eigenvalue weighted by atomic mass is 9.90. The largest absolute Gasteiger partial charge is 0.122 e. The van der Waals surface area contributed by atoms with Gasteiger partial charge in [-0.25, -0.2) is 0 Å². The molecule has 0 spiro atoms. The fraction of sp³-hybridized carbons (Fsp3) is 0.176. The lowest BCUT2D eigenvalue weighted by Gasteiger charge is -2.15. The molecule has 0 amide bonds. The third-order valence-corrected chi connectivity index (χ3v) is 3.40. The van der Waals surface area contributed by atoms with Gasteiger partial charge in [0.2, 0.25) is 0 Å². The highest BCUT2D eigenvalue weighted by molar-refractivity contribution is 6.19. The molecule has 0 saturated carbocycles. The molecule has 0 bridgehead atoms. The number of hydrogen-bond acceptors (Lipinski definition) is 0. The fourth-order valence-electron chi connectivity index (χ4n) is 2.03. The number of allylic oxidation sites excluding steroid dienone is 2. The Morgan fingerprint density at radius 2 is 1.39 bits per heavy atom. The van der Waals surface area contributed by atoms with Gasteiger partial charge in [-0.15, -0.1) is 11.6 Å². The average molecular weight is 257 g/mol. The van der Waals surface area contributed by atoms with Gasteiger partial charge in [-0.05, 0) is 18.1 Å². The summed E-state index contributed by atoms with van der Waals surface area (Å²) < 4.78 is 0. The van der Waals surface area contributed by atoms with Gasteiger partial charge in [0, 0.05) is 11.8 Å². The molecule has 0 saturated heterocycles. The van der Waals surface area contributed by atoms with Gasteiger partial charge in [-0.2, -0.15) is 0 Å². The molecule has 0 fully saturated rings. The Balaban J connectivity index is 2.42. The predicted molar refractivity (Wildman–Crippen MR) is 79.2 cm³/mol. The first-order valence-electron chi connectivity index (χ1n) is 6.14. The van der Waals surface area contributed by atoms with Crippen LogP contribution in [-0.4, -0.2) is 5.88 Å². The van der Waals surface area contributed by atoms with Crippen molar-refractivity contribution in [3.63, 3.8) is 0 Å². The zero-order valence-corrected chi connectivity index (χ0v) is 11.3. The standard InChI is InChI=1S/C17H17Cl/c1-14(13-18)12-17(15-8-4-2-5-9-15)16-10-6-3-7-11-16/h2-12,17H,13H2,1H3/b14-12-. The van der Waals surface area contributed by atoms with Crippen molar-refractivity contribution in [2.45, 2.75) is 12.8 Å². The van der Waals surface area contributed by atoms with Crippen molar-refractivity contribution in [2.75, 3.05) is 5.88 Å². The maximum atomic E-state index is 5.90. The third kappa shape index (κ3) is 3.24. The summed E-state index contributed by atoms with van der Waals surface area (Å²) >= 11 is 5.90. The van der Waals surface area contributed by atoms with Crippen LogP contribution in [-0.2, 0) is 0 Å². The van der Waals surface area contributed by atoms with Crippen LogP contribution in [0, 0.1) is 0 Å². The predicted octanol–water partition coefficient (Wildman–Crippen LogP) is 5.00. The van der Waals surface area contributed by atoms with Crippen LogP contribution in [0.2, 0.25) is 0 Å². The first kappa shape index (κ1) is 12.9. The van der Waals surface area contributed by atoms with E-state index in [4.69, 9.17) is 11.6 Å². The summed E-state index contributed by atoms with van der Waals surface area (Å²) in [5, 5.41) is 0. The second kappa shape index (κ2) is 6.42. The summed E-state index contributed by atoms with van der Waals surface area (Å²) in [6.07, 6.45) is 2.25. The van der Waals surface area contributed by atoms with Gasteiger partial charge >= 0.3 is 0 Å². The Morgan fingerprint density at radius 3 is 1.78 bits per heavy atom. The maximum absolute atomic E-state index is 5.90. The SMILES string of the molecule is C/C(=C/C(c1ccccc1)c1ccccc1)CCl. The maximum Gasteiger partial charge on any atom is 0.0431 e. The van der Waals surface area contributed by atoms with Gasteiger partial charge in [0.05, 0.1) is 0 Å². The van der Waals surface area contributed by atoms with Crippen LogP contribution < -0.4 is 0 Å². The van der Waals surface area contributed by atoms with Crippen molar-refractivity contribution < 1.29 is 0 Å². The molecule has 2 aromatic rings. The Hall–Kier alpha value is -1.53. The minimum absolute atomic E-state index is 0.283.